The first kappa shape index (κ1) is 11.9. The third kappa shape index (κ3) is 3.42. The highest BCUT2D eigenvalue weighted by Gasteiger charge is 2.31. The molecule has 0 aliphatic heterocycles. The fourth-order valence-electron chi connectivity index (χ4n) is 1.000. The van der Waals surface area contributed by atoms with Gasteiger partial charge in [-0.25, -0.2) is 4.79 Å². The van der Waals surface area contributed by atoms with E-state index in [4.69, 9.17) is 11.5 Å². The van der Waals surface area contributed by atoms with Gasteiger partial charge in [0.05, 0.1) is 7.11 Å². The smallest absolute Gasteiger partial charge is 0.330 e. The molecule has 0 aromatic carbocycles. The Kier molecular flexibility index (Phi) is 5.07. The molecule has 0 spiro atoms. The number of hydrogen-bond acceptors (Lipinski definition) is 4. The molecule has 0 bridgehead atoms. The van der Waals surface area contributed by atoms with Gasteiger partial charge < -0.3 is 16.2 Å². The first-order valence-corrected chi connectivity index (χ1v) is 4.05. The predicted octanol–water partition coefficient (Wildman–Crippen LogP) is -0.0631. The van der Waals surface area contributed by atoms with Crippen LogP contribution in [0.15, 0.2) is 18.4 Å². The van der Waals surface area contributed by atoms with Gasteiger partial charge in [0.1, 0.15) is 5.54 Å². The molecule has 13 heavy (non-hydrogen) atoms. The third-order valence-corrected chi connectivity index (χ3v) is 1.72. The maximum Gasteiger partial charge on any atom is 0.330 e. The zero-order chi connectivity index (χ0) is 10.3. The summed E-state index contributed by atoms with van der Waals surface area (Å²) in [7, 11) is 1.29. The van der Waals surface area contributed by atoms with E-state index in [1.807, 2.05) is 0 Å². The number of hydrogen-bond donors (Lipinski definition) is 2. The molecule has 1 atom stereocenters. The lowest BCUT2D eigenvalue weighted by atomic mass is 9.94. The summed E-state index contributed by atoms with van der Waals surface area (Å²) in [5.41, 5.74) is 12.4. The van der Waals surface area contributed by atoms with Gasteiger partial charge in [0.2, 0.25) is 0 Å². The molecule has 0 rings (SSSR count). The molecule has 0 fully saturated rings. The van der Waals surface area contributed by atoms with Crippen LogP contribution in [0.1, 0.15) is 12.8 Å². The van der Waals surface area contributed by atoms with E-state index < -0.39 is 11.5 Å². The summed E-state index contributed by atoms with van der Waals surface area (Å²) in [5, 5.41) is 0. The van der Waals surface area contributed by atoms with Crippen molar-refractivity contribution in [2.75, 3.05) is 13.7 Å². The van der Waals surface area contributed by atoms with Crippen LogP contribution in [-0.4, -0.2) is 25.2 Å². The summed E-state index contributed by atoms with van der Waals surface area (Å²) < 4.78 is 4.56. The van der Waals surface area contributed by atoms with Crippen molar-refractivity contribution in [3.8, 4) is 0 Å². The quantitative estimate of drug-likeness (QED) is 0.463. The van der Waals surface area contributed by atoms with E-state index in [1.165, 1.54) is 13.2 Å². The second-order valence-electron chi connectivity index (χ2n) is 2.77. The topological polar surface area (TPSA) is 78.3 Å². The molecule has 0 aromatic heterocycles. The maximum atomic E-state index is 11.2. The SMILES string of the molecule is C=C=C[C@](N)(CCCN)C(=O)OC. The van der Waals surface area contributed by atoms with Gasteiger partial charge in [-0.05, 0) is 25.5 Å². The number of carbonyl (C=O) groups is 1. The molecule has 0 saturated carbocycles. The summed E-state index contributed by atoms with van der Waals surface area (Å²) >= 11 is 0. The largest absolute Gasteiger partial charge is 0.467 e. The van der Waals surface area contributed by atoms with Gasteiger partial charge in [-0.1, -0.05) is 6.58 Å². The fourth-order valence-corrected chi connectivity index (χ4v) is 1.000. The molecular formula is C9H16N2O2. The first-order valence-electron chi connectivity index (χ1n) is 4.05. The molecule has 0 aromatic rings. The van der Waals surface area contributed by atoms with Crippen LogP contribution in [-0.2, 0) is 9.53 Å². The highest BCUT2D eigenvalue weighted by atomic mass is 16.5. The monoisotopic (exact) mass is 184 g/mol. The molecule has 4 heteroatoms. The average Bonchev–Trinajstić information content (AvgIpc) is 2.14. The van der Waals surface area contributed by atoms with Gasteiger partial charge in [0.25, 0.3) is 0 Å². The van der Waals surface area contributed by atoms with E-state index in [1.54, 1.807) is 0 Å². The van der Waals surface area contributed by atoms with E-state index in [0.29, 0.717) is 19.4 Å². The van der Waals surface area contributed by atoms with Crippen LogP contribution in [0.25, 0.3) is 0 Å². The Balaban J connectivity index is 4.51. The third-order valence-electron chi connectivity index (χ3n) is 1.72. The fraction of sp³-hybridized carbons (Fsp3) is 0.556. The minimum absolute atomic E-state index is 0.443. The van der Waals surface area contributed by atoms with Crippen molar-refractivity contribution in [1.82, 2.24) is 0 Å². The lowest BCUT2D eigenvalue weighted by Gasteiger charge is -2.21. The summed E-state index contributed by atoms with van der Waals surface area (Å²) in [4.78, 5) is 11.2. The number of ether oxygens (including phenoxy) is 1. The summed E-state index contributed by atoms with van der Waals surface area (Å²) in [6.45, 7) is 3.86. The lowest BCUT2D eigenvalue weighted by Crippen LogP contribution is -2.47. The minimum Gasteiger partial charge on any atom is -0.467 e. The Morgan fingerprint density at radius 1 is 1.77 bits per heavy atom. The zero-order valence-corrected chi connectivity index (χ0v) is 7.88. The normalized spacial score (nSPS) is 14.1. The molecule has 4 N–H and O–H groups in total. The molecule has 0 radical (unpaired) electrons. The molecule has 0 saturated heterocycles. The van der Waals surface area contributed by atoms with E-state index in [0.717, 1.165) is 0 Å². The Bertz CT molecular complexity index is 222. The van der Waals surface area contributed by atoms with Crippen LogP contribution in [0.2, 0.25) is 0 Å². The Hall–Kier alpha value is -1.09. The lowest BCUT2D eigenvalue weighted by molar-refractivity contribution is -0.145. The maximum absolute atomic E-state index is 11.2. The van der Waals surface area contributed by atoms with Crippen LogP contribution in [0, 0.1) is 0 Å². The minimum atomic E-state index is -1.13. The van der Waals surface area contributed by atoms with Crippen LogP contribution >= 0.6 is 0 Å². The van der Waals surface area contributed by atoms with Crippen LogP contribution in [0.3, 0.4) is 0 Å². The molecule has 0 heterocycles. The van der Waals surface area contributed by atoms with Crippen molar-refractivity contribution in [3.63, 3.8) is 0 Å². The number of carbonyl (C=O) groups excluding carboxylic acids is 1. The Labute approximate surface area is 78.2 Å². The van der Waals surface area contributed by atoms with Crippen molar-refractivity contribution in [2.24, 2.45) is 11.5 Å². The van der Waals surface area contributed by atoms with Crippen molar-refractivity contribution < 1.29 is 9.53 Å². The highest BCUT2D eigenvalue weighted by Crippen LogP contribution is 2.12. The second kappa shape index (κ2) is 5.54. The van der Waals surface area contributed by atoms with Crippen LogP contribution in [0.4, 0.5) is 0 Å². The average molecular weight is 184 g/mol. The van der Waals surface area contributed by atoms with Crippen LogP contribution in [0.5, 0.6) is 0 Å². The van der Waals surface area contributed by atoms with E-state index in [-0.39, 0.29) is 0 Å². The number of rotatable bonds is 5. The van der Waals surface area contributed by atoms with Gasteiger partial charge in [-0.3, -0.25) is 0 Å². The molecule has 74 valence electrons. The van der Waals surface area contributed by atoms with Crippen molar-refractivity contribution in [1.29, 1.82) is 0 Å². The standard InChI is InChI=1S/C9H16N2O2/c1-3-5-9(11,6-4-7-10)8(12)13-2/h5H,1,4,6-7,10-11H2,2H3/t9-/m0/s1. The van der Waals surface area contributed by atoms with E-state index in [9.17, 15) is 4.79 Å². The van der Waals surface area contributed by atoms with Gasteiger partial charge in [0, 0.05) is 0 Å². The Morgan fingerprint density at radius 2 is 2.38 bits per heavy atom. The molecule has 0 aliphatic rings. The van der Waals surface area contributed by atoms with Gasteiger partial charge in [-0.15, -0.1) is 5.73 Å². The van der Waals surface area contributed by atoms with Crippen molar-refractivity contribution in [2.45, 2.75) is 18.4 Å². The summed E-state index contributed by atoms with van der Waals surface area (Å²) in [5.74, 6) is -0.489. The Morgan fingerprint density at radius 3 is 2.77 bits per heavy atom. The van der Waals surface area contributed by atoms with E-state index in [2.05, 4.69) is 17.0 Å². The van der Waals surface area contributed by atoms with Crippen LogP contribution < -0.4 is 11.5 Å². The number of methoxy groups -OCH3 is 1. The predicted molar refractivity (Wildman–Crippen MR) is 50.9 cm³/mol. The highest BCUT2D eigenvalue weighted by molar-refractivity contribution is 5.82. The van der Waals surface area contributed by atoms with Gasteiger partial charge in [0.15, 0.2) is 0 Å². The van der Waals surface area contributed by atoms with Gasteiger partial charge in [-0.2, -0.15) is 0 Å². The molecule has 4 nitrogen and oxygen atoms in total. The number of nitrogens with two attached hydrogens (primary N) is 2. The van der Waals surface area contributed by atoms with Gasteiger partial charge >= 0.3 is 5.97 Å². The summed E-state index contributed by atoms with van der Waals surface area (Å²) in [6.07, 6.45) is 2.51. The summed E-state index contributed by atoms with van der Waals surface area (Å²) in [6, 6.07) is 0. The number of esters is 1. The van der Waals surface area contributed by atoms with Crippen molar-refractivity contribution in [3.05, 3.63) is 18.4 Å². The van der Waals surface area contributed by atoms with Crippen molar-refractivity contribution >= 4 is 5.97 Å². The molecule has 0 aliphatic carbocycles. The second-order valence-corrected chi connectivity index (χ2v) is 2.77. The molecular weight excluding hydrogens is 168 g/mol. The molecule has 0 unspecified atom stereocenters. The van der Waals surface area contributed by atoms with E-state index >= 15 is 0 Å². The molecule has 0 amide bonds. The zero-order valence-electron chi connectivity index (χ0n) is 7.88. The first-order chi connectivity index (χ1) is 6.10.